The van der Waals surface area contributed by atoms with Gasteiger partial charge in [-0.3, -0.25) is 14.6 Å². The first-order valence-corrected chi connectivity index (χ1v) is 8.27. The molecule has 1 heterocycles. The molecule has 0 aliphatic rings. The third-order valence-electron chi connectivity index (χ3n) is 3.84. The summed E-state index contributed by atoms with van der Waals surface area (Å²) >= 11 is 0. The second kappa shape index (κ2) is 8.07. The topological polar surface area (TPSA) is 71.1 Å². The van der Waals surface area contributed by atoms with E-state index in [-0.39, 0.29) is 11.8 Å². The SMILES string of the molecule is Cc1ccc(CC(=O)Nc2ccc(NC(=O)c3cccnc3)cc2)cc1. The molecule has 0 bridgehead atoms. The molecule has 0 saturated carbocycles. The van der Waals surface area contributed by atoms with Crippen LogP contribution in [-0.2, 0) is 11.2 Å². The molecule has 5 heteroatoms. The number of amides is 2. The standard InChI is InChI=1S/C21H19N3O2/c1-15-4-6-16(7-5-15)13-20(25)23-18-8-10-19(11-9-18)24-21(26)17-3-2-12-22-14-17/h2-12,14H,13H2,1H3,(H,23,25)(H,24,26). The van der Waals surface area contributed by atoms with Gasteiger partial charge in [-0.05, 0) is 48.9 Å². The van der Waals surface area contributed by atoms with E-state index in [9.17, 15) is 9.59 Å². The van der Waals surface area contributed by atoms with Crippen LogP contribution in [0.25, 0.3) is 0 Å². The molecule has 2 N–H and O–H groups in total. The molecule has 3 rings (SSSR count). The van der Waals surface area contributed by atoms with E-state index in [1.807, 2.05) is 31.2 Å². The largest absolute Gasteiger partial charge is 0.326 e. The lowest BCUT2D eigenvalue weighted by Gasteiger charge is -2.08. The van der Waals surface area contributed by atoms with Crippen LogP contribution >= 0.6 is 0 Å². The lowest BCUT2D eigenvalue weighted by atomic mass is 10.1. The van der Waals surface area contributed by atoms with Crippen LogP contribution in [0.5, 0.6) is 0 Å². The van der Waals surface area contributed by atoms with E-state index in [0.29, 0.717) is 23.4 Å². The van der Waals surface area contributed by atoms with Crippen molar-refractivity contribution in [3.63, 3.8) is 0 Å². The van der Waals surface area contributed by atoms with Crippen molar-refractivity contribution in [2.75, 3.05) is 10.6 Å². The molecule has 0 fully saturated rings. The molecule has 2 amide bonds. The number of nitrogens with zero attached hydrogens (tertiary/aromatic N) is 1. The number of aromatic nitrogens is 1. The fourth-order valence-electron chi connectivity index (χ4n) is 2.43. The van der Waals surface area contributed by atoms with Crippen molar-refractivity contribution < 1.29 is 9.59 Å². The summed E-state index contributed by atoms with van der Waals surface area (Å²) < 4.78 is 0. The molecule has 0 radical (unpaired) electrons. The first-order chi connectivity index (χ1) is 12.6. The maximum Gasteiger partial charge on any atom is 0.257 e. The van der Waals surface area contributed by atoms with Crippen LogP contribution < -0.4 is 10.6 Å². The van der Waals surface area contributed by atoms with Gasteiger partial charge in [-0.1, -0.05) is 29.8 Å². The number of benzene rings is 2. The van der Waals surface area contributed by atoms with Gasteiger partial charge in [0.1, 0.15) is 0 Å². The van der Waals surface area contributed by atoms with Crippen molar-refractivity contribution >= 4 is 23.2 Å². The second-order valence-electron chi connectivity index (χ2n) is 5.98. The predicted octanol–water partition coefficient (Wildman–Crippen LogP) is 3.82. The van der Waals surface area contributed by atoms with E-state index in [0.717, 1.165) is 11.1 Å². The monoisotopic (exact) mass is 345 g/mol. The Bertz CT molecular complexity index is 889. The minimum Gasteiger partial charge on any atom is -0.326 e. The van der Waals surface area contributed by atoms with Crippen molar-refractivity contribution in [2.45, 2.75) is 13.3 Å². The van der Waals surface area contributed by atoms with Gasteiger partial charge in [0.25, 0.3) is 5.91 Å². The first-order valence-electron chi connectivity index (χ1n) is 8.27. The van der Waals surface area contributed by atoms with Crippen LogP contribution in [0.2, 0.25) is 0 Å². The number of hydrogen-bond acceptors (Lipinski definition) is 3. The molecule has 1 aromatic heterocycles. The maximum absolute atomic E-state index is 12.1. The zero-order valence-electron chi connectivity index (χ0n) is 14.4. The fourth-order valence-corrected chi connectivity index (χ4v) is 2.43. The minimum atomic E-state index is -0.228. The maximum atomic E-state index is 12.1. The first kappa shape index (κ1) is 17.4. The van der Waals surface area contributed by atoms with Crippen LogP contribution in [0.3, 0.4) is 0 Å². The van der Waals surface area contributed by atoms with Gasteiger partial charge in [-0.2, -0.15) is 0 Å². The molecule has 130 valence electrons. The number of carbonyl (C=O) groups excluding carboxylic acids is 2. The van der Waals surface area contributed by atoms with Crippen molar-refractivity contribution in [3.05, 3.63) is 89.7 Å². The third-order valence-corrected chi connectivity index (χ3v) is 3.84. The van der Waals surface area contributed by atoms with E-state index >= 15 is 0 Å². The molecule has 26 heavy (non-hydrogen) atoms. The Balaban J connectivity index is 1.56. The average Bonchev–Trinajstić information content (AvgIpc) is 2.66. The quantitative estimate of drug-likeness (QED) is 0.738. The molecule has 0 atom stereocenters. The Labute approximate surface area is 152 Å². The molecule has 0 aliphatic heterocycles. The van der Waals surface area contributed by atoms with Crippen LogP contribution in [0, 0.1) is 6.92 Å². The Kier molecular flexibility index (Phi) is 5.39. The van der Waals surface area contributed by atoms with Crippen LogP contribution in [-0.4, -0.2) is 16.8 Å². The van der Waals surface area contributed by atoms with Gasteiger partial charge in [-0.25, -0.2) is 0 Å². The van der Waals surface area contributed by atoms with E-state index in [2.05, 4.69) is 15.6 Å². The molecule has 5 nitrogen and oxygen atoms in total. The second-order valence-corrected chi connectivity index (χ2v) is 5.98. The number of pyridine rings is 1. The van der Waals surface area contributed by atoms with E-state index in [1.54, 1.807) is 42.6 Å². The predicted molar refractivity (Wildman–Crippen MR) is 102 cm³/mol. The molecule has 0 aliphatic carbocycles. The molecule has 0 spiro atoms. The summed E-state index contributed by atoms with van der Waals surface area (Å²) in [6, 6.07) is 18.3. The van der Waals surface area contributed by atoms with Gasteiger partial charge in [0, 0.05) is 23.8 Å². The number of rotatable bonds is 5. The number of carbonyl (C=O) groups is 2. The van der Waals surface area contributed by atoms with E-state index < -0.39 is 0 Å². The van der Waals surface area contributed by atoms with Crippen LogP contribution in [0.4, 0.5) is 11.4 Å². The van der Waals surface area contributed by atoms with Crippen LogP contribution in [0.1, 0.15) is 21.5 Å². The number of aryl methyl sites for hydroxylation is 1. The Morgan fingerprint density at radius 3 is 2.15 bits per heavy atom. The summed E-state index contributed by atoms with van der Waals surface area (Å²) in [6.45, 7) is 2.01. The molecule has 0 unspecified atom stereocenters. The highest BCUT2D eigenvalue weighted by Gasteiger charge is 2.07. The third kappa shape index (κ3) is 4.77. The number of anilines is 2. The van der Waals surface area contributed by atoms with E-state index in [4.69, 9.17) is 0 Å². The zero-order chi connectivity index (χ0) is 18.4. The highest BCUT2D eigenvalue weighted by Crippen LogP contribution is 2.15. The summed E-state index contributed by atoms with van der Waals surface area (Å²) in [5.41, 5.74) is 3.95. The highest BCUT2D eigenvalue weighted by atomic mass is 16.2. The summed E-state index contributed by atoms with van der Waals surface area (Å²) in [4.78, 5) is 28.1. The van der Waals surface area contributed by atoms with Gasteiger partial charge < -0.3 is 10.6 Å². The Hall–Kier alpha value is -3.47. The minimum absolute atomic E-state index is 0.0824. The smallest absolute Gasteiger partial charge is 0.257 e. The Morgan fingerprint density at radius 2 is 1.54 bits per heavy atom. The molecule has 3 aromatic rings. The van der Waals surface area contributed by atoms with Crippen molar-refractivity contribution in [2.24, 2.45) is 0 Å². The lowest BCUT2D eigenvalue weighted by Crippen LogP contribution is -2.15. The molecular weight excluding hydrogens is 326 g/mol. The summed E-state index contributed by atoms with van der Waals surface area (Å²) in [5.74, 6) is -0.310. The van der Waals surface area contributed by atoms with Gasteiger partial charge in [0.05, 0.1) is 12.0 Å². The molecule has 2 aromatic carbocycles. The van der Waals surface area contributed by atoms with Gasteiger partial charge >= 0.3 is 0 Å². The summed E-state index contributed by atoms with van der Waals surface area (Å²) in [7, 11) is 0. The van der Waals surface area contributed by atoms with Crippen molar-refractivity contribution in [1.82, 2.24) is 4.98 Å². The van der Waals surface area contributed by atoms with Gasteiger partial charge in [0.15, 0.2) is 0 Å². The fraction of sp³-hybridized carbons (Fsp3) is 0.0952. The molecule has 0 saturated heterocycles. The van der Waals surface area contributed by atoms with Gasteiger partial charge in [-0.15, -0.1) is 0 Å². The zero-order valence-corrected chi connectivity index (χ0v) is 14.4. The summed E-state index contributed by atoms with van der Waals surface area (Å²) in [5, 5.41) is 5.65. The normalized spacial score (nSPS) is 10.2. The van der Waals surface area contributed by atoms with Crippen molar-refractivity contribution in [3.8, 4) is 0 Å². The average molecular weight is 345 g/mol. The highest BCUT2D eigenvalue weighted by molar-refractivity contribution is 6.04. The number of nitrogens with one attached hydrogen (secondary N) is 2. The lowest BCUT2D eigenvalue weighted by molar-refractivity contribution is -0.115. The van der Waals surface area contributed by atoms with E-state index in [1.165, 1.54) is 6.20 Å². The van der Waals surface area contributed by atoms with Crippen LogP contribution in [0.15, 0.2) is 73.1 Å². The summed E-state index contributed by atoms with van der Waals surface area (Å²) in [6.07, 6.45) is 3.44. The van der Waals surface area contributed by atoms with Gasteiger partial charge in [0.2, 0.25) is 5.91 Å². The van der Waals surface area contributed by atoms with Crippen molar-refractivity contribution in [1.29, 1.82) is 0 Å². The Morgan fingerprint density at radius 1 is 0.885 bits per heavy atom. The molecular formula is C21H19N3O2. The number of hydrogen-bond donors (Lipinski definition) is 2.